The van der Waals surface area contributed by atoms with Crippen molar-refractivity contribution in [2.24, 2.45) is 0 Å². The van der Waals surface area contributed by atoms with Crippen LogP contribution >= 0.6 is 36.6 Å². The second-order valence-electron chi connectivity index (χ2n) is 7.12. The number of amides is 1. The van der Waals surface area contributed by atoms with Gasteiger partial charge in [0, 0.05) is 37.1 Å². The number of nitrogens with one attached hydrogen (secondary N) is 2. The van der Waals surface area contributed by atoms with Gasteiger partial charge in [-0.1, -0.05) is 18.6 Å². The van der Waals surface area contributed by atoms with Crippen molar-refractivity contribution in [3.63, 3.8) is 0 Å². The molecule has 2 aliphatic heterocycles. The fourth-order valence-electron chi connectivity index (χ4n) is 3.77. The number of piperidine rings is 1. The molecule has 0 saturated carbocycles. The third kappa shape index (κ3) is 7.64. The van der Waals surface area contributed by atoms with Crippen molar-refractivity contribution >= 4 is 42.5 Å². The molecule has 1 aromatic carbocycles. The van der Waals surface area contributed by atoms with Gasteiger partial charge >= 0.3 is 0 Å². The molecule has 0 aliphatic carbocycles. The molecule has 2 aliphatic rings. The van der Waals surface area contributed by atoms with Gasteiger partial charge in [-0.25, -0.2) is 0 Å². The predicted molar refractivity (Wildman–Crippen MR) is 122 cm³/mol. The van der Waals surface area contributed by atoms with E-state index in [4.69, 9.17) is 4.74 Å². The number of halogens is 2. The third-order valence-corrected chi connectivity index (χ3v) is 6.39. The zero-order chi connectivity index (χ0) is 18.2. The van der Waals surface area contributed by atoms with E-state index in [0.717, 1.165) is 36.9 Å². The highest BCUT2D eigenvalue weighted by molar-refractivity contribution is 7.99. The first-order chi connectivity index (χ1) is 12.8. The second-order valence-corrected chi connectivity index (χ2v) is 8.27. The number of nitrogens with zero attached hydrogens (tertiary/aromatic N) is 1. The van der Waals surface area contributed by atoms with Crippen molar-refractivity contribution in [2.75, 3.05) is 44.8 Å². The number of hydrogen-bond donors (Lipinski definition) is 2. The molecular formula is C20H33Cl2N3O2S. The Bertz CT molecular complexity index is 565. The van der Waals surface area contributed by atoms with Crippen molar-refractivity contribution < 1.29 is 9.53 Å². The molecule has 5 nitrogen and oxygen atoms in total. The maximum absolute atomic E-state index is 12.4. The van der Waals surface area contributed by atoms with E-state index in [1.54, 1.807) is 7.11 Å². The Labute approximate surface area is 185 Å². The van der Waals surface area contributed by atoms with Crippen molar-refractivity contribution in [2.45, 2.75) is 37.8 Å². The highest BCUT2D eigenvalue weighted by atomic mass is 35.5. The van der Waals surface area contributed by atoms with Crippen molar-refractivity contribution in [1.82, 2.24) is 15.5 Å². The maximum atomic E-state index is 12.4. The highest BCUT2D eigenvalue weighted by Crippen LogP contribution is 2.26. The molecule has 2 unspecified atom stereocenters. The van der Waals surface area contributed by atoms with Crippen LogP contribution in [0.4, 0.5) is 0 Å². The fourth-order valence-corrected chi connectivity index (χ4v) is 4.72. The molecule has 8 heteroatoms. The van der Waals surface area contributed by atoms with Crippen LogP contribution in [-0.2, 0) is 4.79 Å². The third-order valence-electron chi connectivity index (χ3n) is 5.25. The Morgan fingerprint density at radius 2 is 1.96 bits per heavy atom. The lowest BCUT2D eigenvalue weighted by Gasteiger charge is -2.35. The lowest BCUT2D eigenvalue weighted by atomic mass is 10.0. The van der Waals surface area contributed by atoms with Gasteiger partial charge in [0.1, 0.15) is 5.75 Å². The molecule has 2 N–H and O–H groups in total. The Kier molecular flexibility index (Phi) is 12.3. The largest absolute Gasteiger partial charge is 0.497 e. The SMILES string of the molecule is COc1ccc(C(CNC(=O)CC2CSCCN2)N2CCCCC2)cc1.Cl.Cl. The summed E-state index contributed by atoms with van der Waals surface area (Å²) in [5.74, 6) is 3.20. The van der Waals surface area contributed by atoms with Crippen molar-refractivity contribution in [3.8, 4) is 5.75 Å². The van der Waals surface area contributed by atoms with Gasteiger partial charge in [0.25, 0.3) is 0 Å². The summed E-state index contributed by atoms with van der Waals surface area (Å²) in [7, 11) is 1.69. The van der Waals surface area contributed by atoms with Gasteiger partial charge in [-0.15, -0.1) is 24.8 Å². The lowest BCUT2D eigenvalue weighted by Crippen LogP contribution is -2.44. The molecule has 2 fully saturated rings. The van der Waals surface area contributed by atoms with Crippen LogP contribution in [0, 0.1) is 0 Å². The molecule has 0 spiro atoms. The summed E-state index contributed by atoms with van der Waals surface area (Å²) in [6, 6.07) is 8.82. The fraction of sp³-hybridized carbons (Fsp3) is 0.650. The molecule has 1 amide bonds. The monoisotopic (exact) mass is 449 g/mol. The first kappa shape index (κ1) is 25.4. The van der Waals surface area contributed by atoms with E-state index in [1.165, 1.54) is 24.8 Å². The van der Waals surface area contributed by atoms with Crippen LogP contribution in [0.2, 0.25) is 0 Å². The standard InChI is InChI=1S/C20H31N3O2S.2ClH/c1-25-18-7-5-16(6-8-18)19(23-10-3-2-4-11-23)14-22-20(24)13-17-15-26-12-9-21-17;;/h5-8,17,19,21H,2-4,9-15H2,1H3,(H,22,24);2*1H. The summed E-state index contributed by atoms with van der Waals surface area (Å²) in [4.78, 5) is 14.9. The topological polar surface area (TPSA) is 53.6 Å². The molecule has 0 bridgehead atoms. The summed E-state index contributed by atoms with van der Waals surface area (Å²) in [6.45, 7) is 3.89. The predicted octanol–water partition coefficient (Wildman–Crippen LogP) is 3.28. The average molecular weight is 450 g/mol. The lowest BCUT2D eigenvalue weighted by molar-refractivity contribution is -0.121. The molecule has 1 aromatic rings. The van der Waals surface area contributed by atoms with Gasteiger partial charge in [0.15, 0.2) is 0 Å². The van der Waals surface area contributed by atoms with Crippen LogP contribution in [0.25, 0.3) is 0 Å². The van der Waals surface area contributed by atoms with E-state index >= 15 is 0 Å². The number of carbonyl (C=O) groups excluding carboxylic acids is 1. The quantitative estimate of drug-likeness (QED) is 0.668. The van der Waals surface area contributed by atoms with Crippen LogP contribution in [-0.4, -0.2) is 61.6 Å². The molecule has 28 heavy (non-hydrogen) atoms. The minimum atomic E-state index is 0. The first-order valence-electron chi connectivity index (χ1n) is 9.72. The van der Waals surface area contributed by atoms with Crippen molar-refractivity contribution in [3.05, 3.63) is 29.8 Å². The van der Waals surface area contributed by atoms with Crippen LogP contribution in [0.15, 0.2) is 24.3 Å². The van der Waals surface area contributed by atoms with Crippen molar-refractivity contribution in [1.29, 1.82) is 0 Å². The summed E-state index contributed by atoms with van der Waals surface area (Å²) in [5, 5.41) is 6.63. The molecule has 2 saturated heterocycles. The summed E-state index contributed by atoms with van der Waals surface area (Å²) >= 11 is 1.93. The smallest absolute Gasteiger partial charge is 0.221 e. The molecule has 0 radical (unpaired) electrons. The number of ether oxygens (including phenoxy) is 1. The van der Waals surface area contributed by atoms with Crippen LogP contribution < -0.4 is 15.4 Å². The first-order valence-corrected chi connectivity index (χ1v) is 10.9. The summed E-state index contributed by atoms with van der Waals surface area (Å²) < 4.78 is 5.28. The molecule has 2 atom stereocenters. The average Bonchev–Trinajstić information content (AvgIpc) is 2.70. The van der Waals surface area contributed by atoms with E-state index < -0.39 is 0 Å². The number of rotatable bonds is 7. The van der Waals surface area contributed by atoms with E-state index in [2.05, 4.69) is 27.7 Å². The van der Waals surface area contributed by atoms with Gasteiger partial charge in [0.2, 0.25) is 5.91 Å². The number of hydrogen-bond acceptors (Lipinski definition) is 5. The number of carbonyl (C=O) groups is 1. The Morgan fingerprint density at radius 1 is 1.25 bits per heavy atom. The molecular weight excluding hydrogens is 417 g/mol. The van der Waals surface area contributed by atoms with Gasteiger partial charge < -0.3 is 15.4 Å². The minimum absolute atomic E-state index is 0. The van der Waals surface area contributed by atoms with E-state index in [0.29, 0.717) is 19.0 Å². The molecule has 2 heterocycles. The van der Waals surface area contributed by atoms with E-state index in [1.807, 2.05) is 23.9 Å². The number of thioether (sulfide) groups is 1. The number of likely N-dealkylation sites (tertiary alicyclic amines) is 1. The summed E-state index contributed by atoms with van der Waals surface area (Å²) in [5.41, 5.74) is 1.25. The second kappa shape index (κ2) is 13.5. The zero-order valence-electron chi connectivity index (χ0n) is 16.5. The molecule has 3 rings (SSSR count). The highest BCUT2D eigenvalue weighted by Gasteiger charge is 2.24. The minimum Gasteiger partial charge on any atom is -0.497 e. The van der Waals surface area contributed by atoms with Crippen LogP contribution in [0.3, 0.4) is 0 Å². The molecule has 0 aromatic heterocycles. The number of methoxy groups -OCH3 is 1. The van der Waals surface area contributed by atoms with Gasteiger partial charge in [0.05, 0.1) is 13.2 Å². The molecule has 160 valence electrons. The van der Waals surface area contributed by atoms with E-state index in [-0.39, 0.29) is 36.8 Å². The Balaban J connectivity index is 0.00000196. The van der Waals surface area contributed by atoms with Gasteiger partial charge in [-0.3, -0.25) is 9.69 Å². The Hall–Kier alpha value is -0.660. The van der Waals surface area contributed by atoms with Crippen LogP contribution in [0.1, 0.15) is 37.3 Å². The number of benzene rings is 1. The zero-order valence-corrected chi connectivity index (χ0v) is 19.0. The normalized spacial score (nSPS) is 21.0. The Morgan fingerprint density at radius 3 is 2.57 bits per heavy atom. The van der Waals surface area contributed by atoms with E-state index in [9.17, 15) is 4.79 Å². The maximum Gasteiger partial charge on any atom is 0.221 e. The summed E-state index contributed by atoms with van der Waals surface area (Å²) in [6.07, 6.45) is 4.36. The van der Waals surface area contributed by atoms with Crippen LogP contribution in [0.5, 0.6) is 5.75 Å². The van der Waals surface area contributed by atoms with Gasteiger partial charge in [-0.05, 0) is 43.6 Å². The van der Waals surface area contributed by atoms with Gasteiger partial charge in [-0.2, -0.15) is 11.8 Å².